The Hall–Kier alpha value is -2.03. The van der Waals surface area contributed by atoms with E-state index in [1.54, 1.807) is 0 Å². The van der Waals surface area contributed by atoms with Crippen LogP contribution in [0.15, 0.2) is 60.7 Å². The van der Waals surface area contributed by atoms with Crippen LogP contribution < -0.4 is 10.4 Å². The molecule has 1 N–H and O–H groups in total. The second-order valence-corrected chi connectivity index (χ2v) is 13.7. The summed E-state index contributed by atoms with van der Waals surface area (Å²) in [6, 6.07) is 20.3. The average molecular weight is 473 g/mol. The molecule has 0 bridgehead atoms. The molecular weight excluding hydrogens is 436 g/mol. The van der Waals surface area contributed by atoms with E-state index in [0.717, 1.165) is 23.2 Å². The number of hydrogen-bond donors (Lipinski definition) is 1. The first kappa shape index (κ1) is 25.6. The molecule has 33 heavy (non-hydrogen) atoms. The minimum absolute atomic E-state index is 0.0697. The average Bonchev–Trinajstić information content (AvgIpc) is 2.83. The van der Waals surface area contributed by atoms with Gasteiger partial charge in [0, 0.05) is 6.61 Å². The van der Waals surface area contributed by atoms with Gasteiger partial charge in [-0.3, -0.25) is 0 Å². The van der Waals surface area contributed by atoms with Gasteiger partial charge in [-0.05, 0) is 34.7 Å². The van der Waals surface area contributed by atoms with Crippen molar-refractivity contribution in [2.45, 2.75) is 63.6 Å². The molecule has 1 unspecified atom stereocenters. The van der Waals surface area contributed by atoms with Crippen molar-refractivity contribution in [3.63, 3.8) is 0 Å². The Kier molecular flexibility index (Phi) is 8.84. The minimum atomic E-state index is -2.85. The summed E-state index contributed by atoms with van der Waals surface area (Å²) in [5.74, 6) is -0.636. The van der Waals surface area contributed by atoms with Crippen molar-refractivity contribution in [2.24, 2.45) is 0 Å². The normalized spacial score (nSPS) is 19.0. The maximum absolute atomic E-state index is 12.5. The van der Waals surface area contributed by atoms with Crippen molar-refractivity contribution in [3.05, 3.63) is 60.7 Å². The zero-order chi connectivity index (χ0) is 23.9. The van der Waals surface area contributed by atoms with Crippen LogP contribution in [-0.2, 0) is 23.4 Å². The number of carbonyl (C=O) groups excluding carboxylic acids is 1. The molecule has 6 nitrogen and oxygen atoms in total. The molecule has 1 fully saturated rings. The van der Waals surface area contributed by atoms with Crippen LogP contribution in [0.25, 0.3) is 0 Å². The quantitative estimate of drug-likeness (QED) is 0.447. The zero-order valence-electron chi connectivity index (χ0n) is 20.0. The summed E-state index contributed by atoms with van der Waals surface area (Å²) in [5, 5.41) is 13.0. The molecule has 1 heterocycles. The molecule has 180 valence electrons. The fourth-order valence-corrected chi connectivity index (χ4v) is 9.04. The summed E-state index contributed by atoms with van der Waals surface area (Å²) < 4.78 is 23.1. The number of ether oxygens (including phenoxy) is 3. The fourth-order valence-electron chi connectivity index (χ4n) is 4.46. The van der Waals surface area contributed by atoms with E-state index in [9.17, 15) is 9.90 Å². The predicted molar refractivity (Wildman–Crippen MR) is 130 cm³/mol. The highest BCUT2D eigenvalue weighted by Gasteiger charge is 2.51. The van der Waals surface area contributed by atoms with E-state index in [1.807, 2.05) is 36.4 Å². The summed E-state index contributed by atoms with van der Waals surface area (Å²) in [6.45, 7) is 6.99. The van der Waals surface area contributed by atoms with Gasteiger partial charge in [0.25, 0.3) is 8.32 Å². The third kappa shape index (κ3) is 5.91. The first-order valence-electron chi connectivity index (χ1n) is 11.6. The molecule has 1 aliphatic heterocycles. The largest absolute Gasteiger partial charge is 0.467 e. The van der Waals surface area contributed by atoms with Crippen molar-refractivity contribution >= 4 is 24.7 Å². The van der Waals surface area contributed by atoms with E-state index in [1.165, 1.54) is 7.11 Å². The number of rotatable bonds is 9. The highest BCUT2D eigenvalue weighted by atomic mass is 28.4. The van der Waals surface area contributed by atoms with Gasteiger partial charge in [0.15, 0.2) is 12.4 Å². The third-order valence-corrected chi connectivity index (χ3v) is 11.1. The summed E-state index contributed by atoms with van der Waals surface area (Å²) in [5.41, 5.74) is 0. The number of carbonyl (C=O) groups is 1. The molecule has 0 radical (unpaired) electrons. The smallest absolute Gasteiger partial charge is 0.337 e. The Morgan fingerprint density at radius 1 is 1.06 bits per heavy atom. The summed E-state index contributed by atoms with van der Waals surface area (Å²) in [4.78, 5) is 12.5. The van der Waals surface area contributed by atoms with E-state index in [-0.39, 0.29) is 11.6 Å². The van der Waals surface area contributed by atoms with Crippen LogP contribution in [-0.4, -0.2) is 58.2 Å². The molecule has 0 spiro atoms. The lowest BCUT2D eigenvalue weighted by atomic mass is 10.2. The Labute approximate surface area is 198 Å². The monoisotopic (exact) mass is 472 g/mol. The maximum Gasteiger partial charge on any atom is 0.337 e. The van der Waals surface area contributed by atoms with Crippen LogP contribution in [0, 0.1) is 0 Å². The SMILES string of the molecule is COC(=O)[C@@H](OC1CCCCO1)[C@H](O)CO[Si](c1ccccc1)(c1ccccc1)C(C)(C)C. The highest BCUT2D eigenvalue weighted by molar-refractivity contribution is 6.99. The van der Waals surface area contributed by atoms with Crippen molar-refractivity contribution < 1.29 is 28.5 Å². The van der Waals surface area contributed by atoms with Gasteiger partial charge >= 0.3 is 5.97 Å². The van der Waals surface area contributed by atoms with E-state index >= 15 is 0 Å². The van der Waals surface area contributed by atoms with Gasteiger partial charge in [0.1, 0.15) is 6.10 Å². The van der Waals surface area contributed by atoms with Crippen LogP contribution in [0.3, 0.4) is 0 Å². The number of methoxy groups -OCH3 is 1. The van der Waals surface area contributed by atoms with Gasteiger partial charge < -0.3 is 23.7 Å². The number of benzene rings is 2. The van der Waals surface area contributed by atoms with Crippen LogP contribution in [0.4, 0.5) is 0 Å². The first-order valence-corrected chi connectivity index (χ1v) is 13.5. The minimum Gasteiger partial charge on any atom is -0.467 e. The molecule has 0 aliphatic carbocycles. The molecule has 2 aromatic carbocycles. The van der Waals surface area contributed by atoms with Crippen LogP contribution >= 0.6 is 0 Å². The first-order chi connectivity index (χ1) is 15.8. The van der Waals surface area contributed by atoms with Crippen LogP contribution in [0.1, 0.15) is 40.0 Å². The molecule has 0 aromatic heterocycles. The Morgan fingerprint density at radius 2 is 1.64 bits per heavy atom. The van der Waals surface area contributed by atoms with Gasteiger partial charge in [-0.15, -0.1) is 0 Å². The Bertz CT molecular complexity index is 822. The second kappa shape index (κ2) is 11.4. The third-order valence-electron chi connectivity index (χ3n) is 6.11. The molecule has 7 heteroatoms. The van der Waals surface area contributed by atoms with Crippen molar-refractivity contribution in [2.75, 3.05) is 20.3 Å². The van der Waals surface area contributed by atoms with Gasteiger partial charge in [-0.1, -0.05) is 81.4 Å². The second-order valence-electron chi connectivity index (χ2n) is 9.42. The summed E-state index contributed by atoms with van der Waals surface area (Å²) in [6.07, 6.45) is -0.336. The van der Waals surface area contributed by atoms with E-state index < -0.39 is 32.8 Å². The van der Waals surface area contributed by atoms with Crippen LogP contribution in [0.5, 0.6) is 0 Å². The van der Waals surface area contributed by atoms with Crippen LogP contribution in [0.2, 0.25) is 5.04 Å². The standard InChI is InChI=1S/C26H36O6Si/c1-26(2,3)33(20-13-7-5-8-14-20,21-15-9-6-10-16-21)31-19-22(27)24(25(28)29-4)32-23-17-11-12-18-30-23/h5-10,13-16,22-24,27H,11-12,17-19H2,1-4H3/t22-,23?,24+/m1/s1. The summed E-state index contributed by atoms with van der Waals surface area (Å²) in [7, 11) is -1.57. The molecule has 1 aliphatic rings. The fraction of sp³-hybridized carbons (Fsp3) is 0.500. The Morgan fingerprint density at radius 3 is 2.09 bits per heavy atom. The van der Waals surface area contributed by atoms with E-state index in [0.29, 0.717) is 13.0 Å². The van der Waals surface area contributed by atoms with Gasteiger partial charge in [-0.25, -0.2) is 4.79 Å². The van der Waals surface area contributed by atoms with Crippen molar-refractivity contribution in [3.8, 4) is 0 Å². The molecule has 0 amide bonds. The number of esters is 1. The molecular formula is C26H36O6Si. The predicted octanol–water partition coefficient (Wildman–Crippen LogP) is 3.01. The number of hydrogen-bond acceptors (Lipinski definition) is 6. The van der Waals surface area contributed by atoms with Gasteiger partial charge in [0.05, 0.1) is 13.7 Å². The van der Waals surface area contributed by atoms with Gasteiger partial charge in [0.2, 0.25) is 0 Å². The highest BCUT2D eigenvalue weighted by Crippen LogP contribution is 2.37. The lowest BCUT2D eigenvalue weighted by Crippen LogP contribution is -2.67. The number of aliphatic hydroxyl groups is 1. The Balaban J connectivity index is 1.91. The molecule has 3 atom stereocenters. The molecule has 1 saturated heterocycles. The molecule has 3 rings (SSSR count). The summed E-state index contributed by atoms with van der Waals surface area (Å²) >= 11 is 0. The van der Waals surface area contributed by atoms with Crippen molar-refractivity contribution in [1.29, 1.82) is 0 Å². The van der Waals surface area contributed by atoms with Crippen molar-refractivity contribution in [1.82, 2.24) is 0 Å². The molecule has 2 aromatic rings. The lowest BCUT2D eigenvalue weighted by molar-refractivity contribution is -0.219. The topological polar surface area (TPSA) is 74.2 Å². The molecule has 0 saturated carbocycles. The van der Waals surface area contributed by atoms with Gasteiger partial charge in [-0.2, -0.15) is 0 Å². The zero-order valence-corrected chi connectivity index (χ0v) is 21.0. The lowest BCUT2D eigenvalue weighted by Gasteiger charge is -2.43. The van der Waals surface area contributed by atoms with E-state index in [4.69, 9.17) is 18.6 Å². The van der Waals surface area contributed by atoms with E-state index in [2.05, 4.69) is 45.0 Å². The number of aliphatic hydroxyl groups excluding tert-OH is 1. The maximum atomic E-state index is 12.5.